The third-order valence-electron chi connectivity index (χ3n) is 6.42. The molecular formula is C23H31BrFN3O6P+. The maximum absolute atomic E-state index is 13.8. The third-order valence-corrected chi connectivity index (χ3v) is 7.79. The molecule has 0 saturated carbocycles. The molecule has 5 N–H and O–H groups in total. The van der Waals surface area contributed by atoms with Crippen LogP contribution in [0.5, 0.6) is 5.75 Å². The van der Waals surface area contributed by atoms with Crippen LogP contribution in [-0.2, 0) is 22.3 Å². The third kappa shape index (κ3) is 9.27. The quantitative estimate of drug-likeness (QED) is 0.206. The van der Waals surface area contributed by atoms with E-state index in [0.717, 1.165) is 19.8 Å². The molecule has 5 atom stereocenters. The minimum atomic E-state index is -4.58. The summed E-state index contributed by atoms with van der Waals surface area (Å²) in [7, 11) is -4.58. The van der Waals surface area contributed by atoms with Crippen molar-refractivity contribution in [3.63, 3.8) is 0 Å². The number of carbonyl (C=O) groups is 1. The highest BCUT2D eigenvalue weighted by atomic mass is 79.9. The molecule has 1 aliphatic heterocycles. The number of hydrogen-bond donors (Lipinski definition) is 5. The van der Waals surface area contributed by atoms with Crippen LogP contribution >= 0.6 is 23.5 Å². The summed E-state index contributed by atoms with van der Waals surface area (Å²) in [6.07, 6.45) is 0.0505. The number of benzene rings is 2. The zero-order valence-electron chi connectivity index (χ0n) is 19.2. The van der Waals surface area contributed by atoms with Crippen LogP contribution in [0.3, 0.4) is 0 Å². The molecule has 12 heteroatoms. The summed E-state index contributed by atoms with van der Waals surface area (Å²) in [4.78, 5) is 35.2. The first-order chi connectivity index (χ1) is 16.5. The van der Waals surface area contributed by atoms with Crippen molar-refractivity contribution in [3.8, 4) is 5.75 Å². The predicted molar refractivity (Wildman–Crippen MR) is 125 cm³/mol. The molecule has 2 aromatic carbocycles. The standard InChI is InChI=1S/C23H30BrFN3O6P/c24-19-3-1-17(2-4-19)11-21-14-27(16-35(32,33)34)8-7-26(9-10-28(21)15-23(30)31)13-18-12-20(25)5-6-22(18)29/h1-6,12,21,29H,7-11,13-16H2,(H,30,31)(H2,32,33,34)/p+1. The molecule has 9 nitrogen and oxygen atoms in total. The van der Waals surface area contributed by atoms with Crippen LogP contribution in [0.1, 0.15) is 11.1 Å². The Kier molecular flexibility index (Phi) is 9.83. The molecule has 5 unspecified atom stereocenters. The van der Waals surface area contributed by atoms with Crippen molar-refractivity contribution in [1.82, 2.24) is 0 Å². The molecule has 0 bridgehead atoms. The molecule has 1 aliphatic rings. The molecule has 0 spiro atoms. The van der Waals surface area contributed by atoms with Gasteiger partial charge in [-0.2, -0.15) is 0 Å². The molecule has 3 rings (SSSR count). The number of hydrogen-bond acceptors (Lipinski definition) is 5. The van der Waals surface area contributed by atoms with Gasteiger partial charge in [-0.15, -0.1) is 0 Å². The van der Waals surface area contributed by atoms with E-state index in [0.29, 0.717) is 56.2 Å². The van der Waals surface area contributed by atoms with Gasteiger partial charge in [0.15, 0.2) is 7.60 Å². The highest BCUT2D eigenvalue weighted by Crippen LogP contribution is 2.24. The van der Waals surface area contributed by atoms with Crippen LogP contribution in [0.2, 0.25) is 0 Å². The number of nitrogens with one attached hydrogen (secondary N) is 3. The van der Waals surface area contributed by atoms with Gasteiger partial charge in [0.1, 0.15) is 69.7 Å². The first-order valence-electron chi connectivity index (χ1n) is 11.4. The zero-order valence-corrected chi connectivity index (χ0v) is 21.7. The van der Waals surface area contributed by atoms with Gasteiger partial charge in [-0.05, 0) is 35.9 Å². The maximum atomic E-state index is 13.8. The molecular weight excluding hydrogens is 544 g/mol. The summed E-state index contributed by atoms with van der Waals surface area (Å²) in [5.74, 6) is -1.71. The normalized spacial score (nSPS) is 25.1. The fraction of sp³-hybridized carbons (Fsp3) is 0.435. The number of carboxylic acid groups (broad SMARTS) is 1. The van der Waals surface area contributed by atoms with Crippen molar-refractivity contribution in [3.05, 3.63) is 63.9 Å². The highest BCUT2D eigenvalue weighted by molar-refractivity contribution is 9.10. The zero-order chi connectivity index (χ0) is 25.6. The Balaban J connectivity index is 1.88. The van der Waals surface area contributed by atoms with Gasteiger partial charge >= 0.3 is 0 Å². The number of quaternary nitrogens is 3. The monoisotopic (exact) mass is 574 g/mol. The van der Waals surface area contributed by atoms with Crippen molar-refractivity contribution < 1.29 is 48.4 Å². The molecule has 0 radical (unpaired) electrons. The summed E-state index contributed by atoms with van der Waals surface area (Å²) in [5.41, 5.74) is 1.40. The lowest BCUT2D eigenvalue weighted by atomic mass is 10.0. The van der Waals surface area contributed by atoms with Crippen LogP contribution < -0.4 is 24.7 Å². The highest BCUT2D eigenvalue weighted by Gasteiger charge is 2.33. The number of carboxylic acids is 1. The number of phenolic OH excluding ortho intramolecular Hbond substituents is 1. The van der Waals surface area contributed by atoms with Crippen molar-refractivity contribution in [2.24, 2.45) is 0 Å². The lowest BCUT2D eigenvalue weighted by molar-refractivity contribution is -0.972. The van der Waals surface area contributed by atoms with Crippen LogP contribution in [0.15, 0.2) is 46.9 Å². The van der Waals surface area contributed by atoms with E-state index >= 15 is 0 Å². The van der Waals surface area contributed by atoms with Gasteiger partial charge in [0.05, 0.1) is 11.5 Å². The molecule has 2 aromatic rings. The second-order valence-corrected chi connectivity index (χ2v) is 11.7. The number of phenols is 1. The first kappa shape index (κ1) is 27.7. The van der Waals surface area contributed by atoms with Gasteiger partial charge < -0.3 is 44.1 Å². The van der Waals surface area contributed by atoms with Crippen molar-refractivity contribution in [2.75, 3.05) is 45.6 Å². The van der Waals surface area contributed by atoms with E-state index in [1.165, 1.54) is 18.2 Å². The summed E-state index contributed by atoms with van der Waals surface area (Å²) in [5, 5.41) is 21.8. The Morgan fingerprint density at radius 3 is 2.43 bits per heavy atom. The second kappa shape index (κ2) is 12.4. The van der Waals surface area contributed by atoms with Gasteiger partial charge in [-0.1, -0.05) is 28.1 Å². The van der Waals surface area contributed by atoms with E-state index in [1.54, 1.807) is 0 Å². The van der Waals surface area contributed by atoms with Crippen molar-refractivity contribution in [2.45, 2.75) is 19.0 Å². The Labute approximate surface area is 212 Å². The Morgan fingerprint density at radius 1 is 1.11 bits per heavy atom. The van der Waals surface area contributed by atoms with Crippen LogP contribution in [0, 0.1) is 5.82 Å². The lowest BCUT2D eigenvalue weighted by Gasteiger charge is -2.31. The summed E-state index contributed by atoms with van der Waals surface area (Å²) >= 11 is 3.40. The van der Waals surface area contributed by atoms with Crippen LogP contribution in [0.25, 0.3) is 0 Å². The Hall–Kier alpha value is -1.85. The van der Waals surface area contributed by atoms with Gasteiger partial charge in [0.2, 0.25) is 0 Å². The summed E-state index contributed by atoms with van der Waals surface area (Å²) in [6, 6.07) is 11.1. The molecule has 1 saturated heterocycles. The van der Waals surface area contributed by atoms with Crippen LogP contribution in [-0.4, -0.2) is 67.6 Å². The molecule has 1 heterocycles. The predicted octanol–water partition coefficient (Wildman–Crippen LogP) is -3.67. The van der Waals surface area contributed by atoms with E-state index < -0.39 is 25.7 Å². The number of aliphatic carboxylic acids is 1. The van der Waals surface area contributed by atoms with Crippen molar-refractivity contribution >= 4 is 29.5 Å². The fourth-order valence-corrected chi connectivity index (χ4v) is 5.84. The van der Waals surface area contributed by atoms with E-state index in [9.17, 15) is 33.7 Å². The maximum Gasteiger partial charge on any atom is 0.187 e. The van der Waals surface area contributed by atoms with Gasteiger partial charge in [-0.25, -0.2) is 4.39 Å². The summed E-state index contributed by atoms with van der Waals surface area (Å²) < 4.78 is 26.4. The van der Waals surface area contributed by atoms with Gasteiger partial charge in [0, 0.05) is 10.9 Å². The van der Waals surface area contributed by atoms with E-state index in [-0.39, 0.29) is 18.3 Å². The van der Waals surface area contributed by atoms with E-state index in [4.69, 9.17) is 0 Å². The molecule has 1 fully saturated rings. The number of aromatic hydroxyl groups is 1. The molecule has 0 aliphatic carbocycles. The van der Waals surface area contributed by atoms with Crippen LogP contribution in [0.4, 0.5) is 4.39 Å². The second-order valence-electron chi connectivity index (χ2n) is 9.18. The number of rotatable bonds is 8. The molecule has 35 heavy (non-hydrogen) atoms. The Bertz CT molecular complexity index is 1050. The average Bonchev–Trinajstić information content (AvgIpc) is 2.82. The molecule has 0 aromatic heterocycles. The van der Waals surface area contributed by atoms with Gasteiger partial charge in [0.25, 0.3) is 0 Å². The van der Waals surface area contributed by atoms with E-state index in [2.05, 4.69) is 15.9 Å². The van der Waals surface area contributed by atoms with Crippen molar-refractivity contribution in [1.29, 1.82) is 0 Å². The van der Waals surface area contributed by atoms with E-state index in [1.807, 2.05) is 24.3 Å². The lowest BCUT2D eigenvalue weighted by Crippen LogP contribution is -3.24. The number of halogens is 2. The Morgan fingerprint density at radius 2 is 1.77 bits per heavy atom. The minimum absolute atomic E-state index is 0.0329. The first-order valence-corrected chi connectivity index (χ1v) is 14.0. The number of carbonyl (C=O) groups excluding carboxylic acids is 1. The van der Waals surface area contributed by atoms with Gasteiger partial charge in [-0.3, -0.25) is 0 Å². The molecule has 0 amide bonds. The molecule has 192 valence electrons. The topological polar surface area (TPSA) is 134 Å². The fourth-order valence-electron chi connectivity index (χ4n) is 4.72. The summed E-state index contributed by atoms with van der Waals surface area (Å²) in [6.45, 7) is 2.26. The minimum Gasteiger partial charge on any atom is -0.775 e. The SMILES string of the molecule is O=C([O-])C[NH+]1CC[NH+](Cc2cc(F)ccc2O)CC[NH+](CP(=O)([O-])O)CC1Cc1ccc(Br)cc1. The smallest absolute Gasteiger partial charge is 0.187 e. The largest absolute Gasteiger partial charge is 0.775 e. The average molecular weight is 575 g/mol.